The summed E-state index contributed by atoms with van der Waals surface area (Å²) in [6, 6.07) is 7.74. The minimum Gasteiger partial charge on any atom is -0.376 e. The van der Waals surface area contributed by atoms with Crippen LogP contribution in [0, 0.1) is 17.1 Å². The van der Waals surface area contributed by atoms with Gasteiger partial charge in [-0.3, -0.25) is 14.5 Å². The Labute approximate surface area is 171 Å². The normalized spacial score (nSPS) is 16.3. The van der Waals surface area contributed by atoms with E-state index in [1.165, 1.54) is 31.2 Å². The fraction of sp³-hybridized carbons (Fsp3) is 0.300. The van der Waals surface area contributed by atoms with Crippen LogP contribution in [0.2, 0.25) is 0 Å². The van der Waals surface area contributed by atoms with Crippen LogP contribution >= 0.6 is 11.3 Å². The van der Waals surface area contributed by atoms with Crippen LogP contribution in [0.3, 0.4) is 0 Å². The van der Waals surface area contributed by atoms with Crippen molar-refractivity contribution in [1.82, 2.24) is 10.3 Å². The third kappa shape index (κ3) is 5.04. The summed E-state index contributed by atoms with van der Waals surface area (Å²) >= 11 is 1.11. The summed E-state index contributed by atoms with van der Waals surface area (Å²) in [6.07, 6.45) is 3.13. The van der Waals surface area contributed by atoms with E-state index in [1.54, 1.807) is 11.4 Å². The Morgan fingerprint density at radius 2 is 2.28 bits per heavy atom. The van der Waals surface area contributed by atoms with Crippen LogP contribution < -0.4 is 10.2 Å². The number of nitrogens with one attached hydrogen (secondary N) is 1. The molecule has 0 bridgehead atoms. The Bertz CT molecular complexity index is 976. The van der Waals surface area contributed by atoms with E-state index in [9.17, 15) is 19.2 Å². The third-order valence-electron chi connectivity index (χ3n) is 4.28. The van der Waals surface area contributed by atoms with Crippen molar-refractivity contribution >= 4 is 40.0 Å². The van der Waals surface area contributed by atoms with Crippen LogP contribution in [-0.2, 0) is 14.3 Å². The number of hydrogen-bond acceptors (Lipinski definition) is 6. The molecule has 29 heavy (non-hydrogen) atoms. The lowest BCUT2D eigenvalue weighted by Crippen LogP contribution is -2.32. The molecule has 1 aliphatic rings. The second kappa shape index (κ2) is 9.41. The van der Waals surface area contributed by atoms with Gasteiger partial charge in [-0.2, -0.15) is 5.26 Å². The highest BCUT2D eigenvalue weighted by atomic mass is 32.1. The number of hydrogen-bond donors (Lipinski definition) is 1. The molecule has 9 heteroatoms. The molecule has 0 spiro atoms. The van der Waals surface area contributed by atoms with Crippen LogP contribution in [0.25, 0.3) is 6.08 Å². The highest BCUT2D eigenvalue weighted by Gasteiger charge is 2.21. The SMILES string of the molecule is CC(=O)N(c1nc(/C=C(\C#N)C(=O)NCC2CCCO2)cs1)c1ccccc1F. The van der Waals surface area contributed by atoms with Gasteiger partial charge in [0.15, 0.2) is 5.13 Å². The monoisotopic (exact) mass is 414 g/mol. The summed E-state index contributed by atoms with van der Waals surface area (Å²) in [5.41, 5.74) is 0.302. The van der Waals surface area contributed by atoms with Gasteiger partial charge in [0, 0.05) is 25.5 Å². The first-order chi connectivity index (χ1) is 14.0. The maximum atomic E-state index is 14.1. The minimum absolute atomic E-state index is 0.0327. The molecule has 3 rings (SSSR count). The van der Waals surface area contributed by atoms with E-state index >= 15 is 0 Å². The summed E-state index contributed by atoms with van der Waals surface area (Å²) in [5, 5.41) is 13.8. The molecule has 1 aromatic heterocycles. The molecule has 1 atom stereocenters. The fourth-order valence-electron chi connectivity index (χ4n) is 2.89. The number of ether oxygens (including phenoxy) is 1. The predicted octanol–water partition coefficient (Wildman–Crippen LogP) is 3.17. The molecule has 1 fully saturated rings. The van der Waals surface area contributed by atoms with Gasteiger partial charge in [-0.15, -0.1) is 11.3 Å². The van der Waals surface area contributed by atoms with Gasteiger partial charge < -0.3 is 10.1 Å². The van der Waals surface area contributed by atoms with Gasteiger partial charge in [0.05, 0.1) is 17.5 Å². The lowest BCUT2D eigenvalue weighted by molar-refractivity contribution is -0.117. The van der Waals surface area contributed by atoms with E-state index in [0.29, 0.717) is 18.8 Å². The first-order valence-corrected chi connectivity index (χ1v) is 9.90. The average molecular weight is 414 g/mol. The lowest BCUT2D eigenvalue weighted by Gasteiger charge is -2.18. The van der Waals surface area contributed by atoms with Crippen molar-refractivity contribution in [3.05, 3.63) is 46.7 Å². The third-order valence-corrected chi connectivity index (χ3v) is 5.12. The van der Waals surface area contributed by atoms with Crippen LogP contribution in [-0.4, -0.2) is 36.1 Å². The van der Waals surface area contributed by atoms with Crippen molar-refractivity contribution in [3.63, 3.8) is 0 Å². The maximum Gasteiger partial charge on any atom is 0.262 e. The van der Waals surface area contributed by atoms with Crippen LogP contribution in [0.5, 0.6) is 0 Å². The molecule has 7 nitrogen and oxygen atoms in total. The molecule has 0 radical (unpaired) electrons. The first kappa shape index (κ1) is 20.6. The van der Waals surface area contributed by atoms with Crippen molar-refractivity contribution in [2.45, 2.75) is 25.9 Å². The van der Waals surface area contributed by atoms with Gasteiger partial charge in [0.25, 0.3) is 5.91 Å². The van der Waals surface area contributed by atoms with Crippen molar-refractivity contribution in [2.24, 2.45) is 0 Å². The van der Waals surface area contributed by atoms with Crippen LogP contribution in [0.15, 0.2) is 35.2 Å². The molecule has 150 valence electrons. The summed E-state index contributed by atoms with van der Waals surface area (Å²) < 4.78 is 19.6. The summed E-state index contributed by atoms with van der Waals surface area (Å²) in [7, 11) is 0. The molecule has 1 N–H and O–H groups in total. The van der Waals surface area contributed by atoms with Gasteiger partial charge in [-0.1, -0.05) is 12.1 Å². The van der Waals surface area contributed by atoms with E-state index in [-0.39, 0.29) is 22.5 Å². The highest BCUT2D eigenvalue weighted by Crippen LogP contribution is 2.31. The number of rotatable bonds is 6. The topological polar surface area (TPSA) is 95.3 Å². The Kier molecular flexibility index (Phi) is 6.69. The number of amides is 2. The second-order valence-corrected chi connectivity index (χ2v) is 7.21. The standard InChI is InChI=1S/C20H19FN4O3S/c1-13(26)25(18-7-3-2-6-17(18)21)20-24-15(12-29-20)9-14(10-22)19(27)23-11-16-5-4-8-28-16/h2-3,6-7,9,12,16H,4-5,8,11H2,1H3,(H,23,27)/b14-9+. The number of halogens is 1. The van der Waals surface area contributed by atoms with E-state index < -0.39 is 17.6 Å². The fourth-order valence-corrected chi connectivity index (χ4v) is 3.73. The van der Waals surface area contributed by atoms with Crippen molar-refractivity contribution in [3.8, 4) is 6.07 Å². The van der Waals surface area contributed by atoms with E-state index in [0.717, 1.165) is 29.1 Å². The summed E-state index contributed by atoms with van der Waals surface area (Å²) in [6.45, 7) is 2.33. The minimum atomic E-state index is -0.554. The van der Waals surface area contributed by atoms with Gasteiger partial charge in [-0.05, 0) is 31.1 Å². The zero-order valence-corrected chi connectivity index (χ0v) is 16.5. The number of benzene rings is 1. The molecule has 1 aliphatic heterocycles. The Morgan fingerprint density at radius 1 is 1.48 bits per heavy atom. The molecular weight excluding hydrogens is 395 g/mol. The smallest absolute Gasteiger partial charge is 0.262 e. The predicted molar refractivity (Wildman–Crippen MR) is 107 cm³/mol. The number of thiazole rings is 1. The van der Waals surface area contributed by atoms with Crippen LogP contribution in [0.4, 0.5) is 15.2 Å². The van der Waals surface area contributed by atoms with Crippen molar-refractivity contribution in [1.29, 1.82) is 5.26 Å². The Hall–Kier alpha value is -3.09. The molecule has 1 aromatic carbocycles. The quantitative estimate of drug-likeness (QED) is 0.579. The molecule has 2 aromatic rings. The van der Waals surface area contributed by atoms with Crippen LogP contribution in [0.1, 0.15) is 25.5 Å². The molecular formula is C20H19FN4O3S. The zero-order chi connectivity index (χ0) is 20.8. The van der Waals surface area contributed by atoms with Gasteiger partial charge >= 0.3 is 0 Å². The maximum absolute atomic E-state index is 14.1. The number of nitrogens with zero attached hydrogens (tertiary/aromatic N) is 3. The molecule has 2 heterocycles. The zero-order valence-electron chi connectivity index (χ0n) is 15.7. The number of aromatic nitrogens is 1. The van der Waals surface area contributed by atoms with E-state index in [1.807, 2.05) is 6.07 Å². The van der Waals surface area contributed by atoms with E-state index in [2.05, 4.69) is 10.3 Å². The van der Waals surface area contributed by atoms with Crippen molar-refractivity contribution < 1.29 is 18.7 Å². The van der Waals surface area contributed by atoms with E-state index in [4.69, 9.17) is 4.74 Å². The van der Waals surface area contributed by atoms with Gasteiger partial charge in [0.1, 0.15) is 17.5 Å². The second-order valence-electron chi connectivity index (χ2n) is 6.38. The lowest BCUT2D eigenvalue weighted by atomic mass is 10.2. The summed E-state index contributed by atoms with van der Waals surface area (Å²) in [5.74, 6) is -1.48. The van der Waals surface area contributed by atoms with Crippen molar-refractivity contribution in [2.75, 3.05) is 18.1 Å². The first-order valence-electron chi connectivity index (χ1n) is 9.02. The summed E-state index contributed by atoms with van der Waals surface area (Å²) in [4.78, 5) is 29.8. The molecule has 1 saturated heterocycles. The number of nitriles is 1. The Morgan fingerprint density at radius 3 is 2.93 bits per heavy atom. The molecule has 0 saturated carbocycles. The number of carbonyl (C=O) groups is 2. The number of para-hydroxylation sites is 1. The van der Waals surface area contributed by atoms with Gasteiger partial charge in [-0.25, -0.2) is 9.37 Å². The van der Waals surface area contributed by atoms with Gasteiger partial charge in [0.2, 0.25) is 5.91 Å². The largest absolute Gasteiger partial charge is 0.376 e. The number of carbonyl (C=O) groups excluding carboxylic acids is 2. The highest BCUT2D eigenvalue weighted by molar-refractivity contribution is 7.14. The number of anilines is 2. The average Bonchev–Trinajstić information content (AvgIpc) is 3.38. The molecule has 1 unspecified atom stereocenters. The molecule has 2 amide bonds. The molecule has 0 aliphatic carbocycles. The Balaban J connectivity index is 1.78.